The molecule has 0 bridgehead atoms. The second kappa shape index (κ2) is 6.71. The molecule has 2 rings (SSSR count). The van der Waals surface area contributed by atoms with E-state index in [4.69, 9.17) is 0 Å². The fourth-order valence-corrected chi connectivity index (χ4v) is 3.84. The smallest absolute Gasteiger partial charge is 0.252 e. The van der Waals surface area contributed by atoms with Crippen molar-refractivity contribution < 1.29 is 4.79 Å². The predicted molar refractivity (Wildman–Crippen MR) is 80.1 cm³/mol. The molecule has 4 heteroatoms. The van der Waals surface area contributed by atoms with Gasteiger partial charge in [0.05, 0.1) is 9.35 Å². The van der Waals surface area contributed by atoms with E-state index in [0.717, 1.165) is 28.1 Å². The summed E-state index contributed by atoms with van der Waals surface area (Å²) in [7, 11) is 0. The molecule has 0 aliphatic heterocycles. The molecule has 18 heavy (non-hydrogen) atoms. The van der Waals surface area contributed by atoms with Gasteiger partial charge >= 0.3 is 0 Å². The highest BCUT2D eigenvalue weighted by molar-refractivity contribution is 9.11. The summed E-state index contributed by atoms with van der Waals surface area (Å²) in [6.07, 6.45) is 7.45. The molecule has 1 aliphatic rings. The van der Waals surface area contributed by atoms with Gasteiger partial charge in [0.25, 0.3) is 5.91 Å². The summed E-state index contributed by atoms with van der Waals surface area (Å²) in [6.45, 7) is 2.25. The summed E-state index contributed by atoms with van der Waals surface area (Å²) >= 11 is 4.95. The molecule has 0 saturated heterocycles. The topological polar surface area (TPSA) is 29.1 Å². The van der Waals surface area contributed by atoms with E-state index >= 15 is 0 Å². The maximum absolute atomic E-state index is 12.0. The molecule has 1 amide bonds. The van der Waals surface area contributed by atoms with Crippen molar-refractivity contribution in [2.75, 3.05) is 0 Å². The van der Waals surface area contributed by atoms with E-state index in [1.807, 2.05) is 11.4 Å². The Balaban J connectivity index is 1.79. The molecule has 100 valence electrons. The second-order valence-electron chi connectivity index (χ2n) is 5.12. The van der Waals surface area contributed by atoms with Gasteiger partial charge in [0.15, 0.2) is 0 Å². The van der Waals surface area contributed by atoms with Gasteiger partial charge in [-0.3, -0.25) is 4.79 Å². The Morgan fingerprint density at radius 2 is 2.17 bits per heavy atom. The highest BCUT2D eigenvalue weighted by Gasteiger charge is 2.22. The van der Waals surface area contributed by atoms with E-state index < -0.39 is 0 Å². The molecule has 0 aromatic carbocycles. The lowest BCUT2D eigenvalue weighted by atomic mass is 9.83. The van der Waals surface area contributed by atoms with Crippen LogP contribution in [-0.4, -0.2) is 11.9 Å². The summed E-state index contributed by atoms with van der Waals surface area (Å²) in [6, 6.07) is 2.27. The minimum absolute atomic E-state index is 0.0795. The third-order valence-corrected chi connectivity index (χ3v) is 5.21. The Morgan fingerprint density at radius 3 is 2.72 bits per heavy atom. The molecule has 2 nitrogen and oxygen atoms in total. The van der Waals surface area contributed by atoms with E-state index in [0.29, 0.717) is 6.04 Å². The number of nitrogens with one attached hydrogen (secondary N) is 1. The average molecular weight is 330 g/mol. The Morgan fingerprint density at radius 1 is 1.44 bits per heavy atom. The zero-order valence-electron chi connectivity index (χ0n) is 10.7. The van der Waals surface area contributed by atoms with Crippen LogP contribution < -0.4 is 5.32 Å². The van der Waals surface area contributed by atoms with Crippen molar-refractivity contribution >= 4 is 33.2 Å². The summed E-state index contributed by atoms with van der Waals surface area (Å²) in [5.74, 6) is 0.967. The van der Waals surface area contributed by atoms with Crippen molar-refractivity contribution in [3.05, 3.63) is 20.8 Å². The Labute approximate surface area is 121 Å². The van der Waals surface area contributed by atoms with Gasteiger partial charge in [-0.05, 0) is 53.6 Å². The molecule has 1 saturated carbocycles. The van der Waals surface area contributed by atoms with Crippen molar-refractivity contribution in [2.24, 2.45) is 5.92 Å². The highest BCUT2D eigenvalue weighted by Crippen LogP contribution is 2.28. The van der Waals surface area contributed by atoms with E-state index in [-0.39, 0.29) is 5.91 Å². The fourth-order valence-electron chi connectivity index (χ4n) is 2.70. The standard InChI is InChI=1S/C14H20BrNOS/c1-2-3-10-4-6-12(7-5-10)16-14(17)11-8-13(15)18-9-11/h8-10,12H,2-7H2,1H3,(H,16,17). The van der Waals surface area contributed by atoms with Crippen molar-refractivity contribution in [1.82, 2.24) is 5.32 Å². The van der Waals surface area contributed by atoms with Crippen molar-refractivity contribution in [1.29, 1.82) is 0 Å². The van der Waals surface area contributed by atoms with Crippen LogP contribution in [0.15, 0.2) is 15.2 Å². The van der Waals surface area contributed by atoms with E-state index in [1.165, 1.54) is 25.7 Å². The quantitative estimate of drug-likeness (QED) is 0.859. The van der Waals surface area contributed by atoms with Crippen LogP contribution in [0.1, 0.15) is 55.8 Å². The molecule has 1 heterocycles. The maximum atomic E-state index is 12.0. The summed E-state index contributed by atoms with van der Waals surface area (Å²) in [5, 5.41) is 5.06. The van der Waals surface area contributed by atoms with Gasteiger partial charge in [-0.2, -0.15) is 0 Å². The number of hydrogen-bond acceptors (Lipinski definition) is 2. The fraction of sp³-hybridized carbons (Fsp3) is 0.643. The third-order valence-electron chi connectivity index (χ3n) is 3.71. The van der Waals surface area contributed by atoms with Gasteiger partial charge in [-0.15, -0.1) is 11.3 Å². The monoisotopic (exact) mass is 329 g/mol. The van der Waals surface area contributed by atoms with E-state index in [9.17, 15) is 4.79 Å². The van der Waals surface area contributed by atoms with Gasteiger partial charge in [0, 0.05) is 11.4 Å². The maximum Gasteiger partial charge on any atom is 0.252 e. The second-order valence-corrected chi connectivity index (χ2v) is 7.41. The summed E-state index contributed by atoms with van der Waals surface area (Å²) in [5.41, 5.74) is 0.780. The highest BCUT2D eigenvalue weighted by atomic mass is 79.9. The Hall–Kier alpha value is -0.350. The summed E-state index contributed by atoms with van der Waals surface area (Å²) < 4.78 is 1.01. The van der Waals surface area contributed by atoms with E-state index in [2.05, 4.69) is 28.2 Å². The van der Waals surface area contributed by atoms with Gasteiger partial charge in [-0.25, -0.2) is 0 Å². The molecule has 0 radical (unpaired) electrons. The molecular formula is C14H20BrNOS. The van der Waals surface area contributed by atoms with Gasteiger partial charge in [0.1, 0.15) is 0 Å². The van der Waals surface area contributed by atoms with Crippen LogP contribution in [0.25, 0.3) is 0 Å². The first kappa shape index (κ1) is 14.1. The number of thiophene rings is 1. The average Bonchev–Trinajstić information content (AvgIpc) is 2.79. The lowest BCUT2D eigenvalue weighted by Crippen LogP contribution is -2.37. The first-order chi connectivity index (χ1) is 8.69. The molecule has 1 N–H and O–H groups in total. The number of halogens is 1. The predicted octanol–water partition coefficient (Wildman–Crippen LogP) is 4.60. The Kier molecular flexibility index (Phi) is 5.25. The normalized spacial score (nSPS) is 23.9. The molecule has 1 fully saturated rings. The molecule has 0 atom stereocenters. The first-order valence-electron chi connectivity index (χ1n) is 6.74. The van der Waals surface area contributed by atoms with Crippen molar-refractivity contribution in [2.45, 2.75) is 51.5 Å². The van der Waals surface area contributed by atoms with Crippen LogP contribution >= 0.6 is 27.3 Å². The zero-order valence-corrected chi connectivity index (χ0v) is 13.1. The molecule has 0 unspecified atom stereocenters. The van der Waals surface area contributed by atoms with Gasteiger partial charge < -0.3 is 5.32 Å². The van der Waals surface area contributed by atoms with Crippen LogP contribution in [0.3, 0.4) is 0 Å². The van der Waals surface area contributed by atoms with Crippen LogP contribution in [0, 0.1) is 5.92 Å². The van der Waals surface area contributed by atoms with Gasteiger partial charge in [-0.1, -0.05) is 19.8 Å². The molecule has 1 aromatic heterocycles. The van der Waals surface area contributed by atoms with Crippen molar-refractivity contribution in [3.8, 4) is 0 Å². The number of hydrogen-bond donors (Lipinski definition) is 1. The minimum Gasteiger partial charge on any atom is -0.349 e. The minimum atomic E-state index is 0.0795. The number of carbonyl (C=O) groups is 1. The summed E-state index contributed by atoms with van der Waals surface area (Å²) in [4.78, 5) is 12.0. The first-order valence-corrected chi connectivity index (χ1v) is 8.41. The van der Waals surface area contributed by atoms with Crippen LogP contribution in [0.5, 0.6) is 0 Å². The van der Waals surface area contributed by atoms with Crippen LogP contribution in [-0.2, 0) is 0 Å². The SMILES string of the molecule is CCCC1CCC(NC(=O)c2csc(Br)c2)CC1. The molecule has 1 aliphatic carbocycles. The van der Waals surface area contributed by atoms with Crippen LogP contribution in [0.2, 0.25) is 0 Å². The van der Waals surface area contributed by atoms with E-state index in [1.54, 1.807) is 11.3 Å². The third kappa shape index (κ3) is 3.82. The zero-order chi connectivity index (χ0) is 13.0. The lowest BCUT2D eigenvalue weighted by Gasteiger charge is -2.28. The molecule has 1 aromatic rings. The van der Waals surface area contributed by atoms with Crippen molar-refractivity contribution in [3.63, 3.8) is 0 Å². The molecule has 0 spiro atoms. The lowest BCUT2D eigenvalue weighted by molar-refractivity contribution is 0.0921. The largest absolute Gasteiger partial charge is 0.349 e. The number of amides is 1. The number of carbonyl (C=O) groups excluding carboxylic acids is 1. The molecular weight excluding hydrogens is 310 g/mol. The van der Waals surface area contributed by atoms with Crippen LogP contribution in [0.4, 0.5) is 0 Å². The Bertz CT molecular complexity index is 396. The van der Waals surface area contributed by atoms with Gasteiger partial charge in [0.2, 0.25) is 0 Å². The number of rotatable bonds is 4.